The maximum absolute atomic E-state index is 13.6. The highest BCUT2D eigenvalue weighted by Gasteiger charge is 2.17. The number of amidine groups is 1. The maximum atomic E-state index is 13.6. The Kier molecular flexibility index (Phi) is 4.04. The van der Waals surface area contributed by atoms with Crippen LogP contribution in [0.4, 0.5) is 4.39 Å². The average molecular weight is 307 g/mol. The van der Waals surface area contributed by atoms with Crippen LogP contribution >= 0.6 is 0 Å². The smallest absolute Gasteiger partial charge is 0.284 e. The quantitative estimate of drug-likeness (QED) is 0.693. The van der Waals surface area contributed by atoms with Crippen LogP contribution in [0.25, 0.3) is 0 Å². The van der Waals surface area contributed by atoms with Crippen molar-refractivity contribution < 1.29 is 12.8 Å². The molecule has 0 bridgehead atoms. The fraction of sp³-hybridized carbons (Fsp3) is 0.143. The van der Waals surface area contributed by atoms with Crippen LogP contribution < -0.4 is 5.73 Å². The van der Waals surface area contributed by atoms with E-state index in [4.69, 9.17) is 5.73 Å². The molecule has 2 aromatic rings. The number of pyridine rings is 1. The molecule has 2 N–H and O–H groups in total. The molecule has 0 fully saturated rings. The second-order valence-corrected chi connectivity index (χ2v) is 6.14. The van der Waals surface area contributed by atoms with Gasteiger partial charge in [-0.3, -0.25) is 4.98 Å². The summed E-state index contributed by atoms with van der Waals surface area (Å²) in [5, 5.41) is 0. The first-order valence-corrected chi connectivity index (χ1v) is 7.54. The molecular weight excluding hydrogens is 293 g/mol. The van der Waals surface area contributed by atoms with Gasteiger partial charge in [-0.05, 0) is 49.2 Å². The summed E-state index contributed by atoms with van der Waals surface area (Å²) in [5.41, 5.74) is 6.39. The highest BCUT2D eigenvalue weighted by Crippen LogP contribution is 2.20. The lowest BCUT2D eigenvalue weighted by atomic mass is 10.1. The molecule has 1 heterocycles. The summed E-state index contributed by atoms with van der Waals surface area (Å²) in [4.78, 5) is 3.83. The van der Waals surface area contributed by atoms with Crippen LogP contribution in [0.2, 0.25) is 0 Å². The number of halogens is 1. The van der Waals surface area contributed by atoms with E-state index in [-0.39, 0.29) is 27.6 Å². The summed E-state index contributed by atoms with van der Waals surface area (Å²) in [5.74, 6) is -0.647. The van der Waals surface area contributed by atoms with Crippen molar-refractivity contribution in [1.82, 2.24) is 4.98 Å². The molecule has 110 valence electrons. The zero-order chi connectivity index (χ0) is 15.6. The van der Waals surface area contributed by atoms with E-state index in [1.165, 1.54) is 32.2 Å². The first kappa shape index (κ1) is 15.1. The van der Waals surface area contributed by atoms with Crippen molar-refractivity contribution >= 4 is 15.9 Å². The standard InChI is InChI=1S/C14H14FN3O2S/c1-9-7-11(8-10(2)13(9)15)21(19,20)18-14(16)12-5-3-4-6-17-12/h3-8H,1-2H3,(H2,16,18). The summed E-state index contributed by atoms with van der Waals surface area (Å²) < 4.78 is 41.5. The molecule has 0 spiro atoms. The molecule has 0 aliphatic heterocycles. The number of benzene rings is 1. The van der Waals surface area contributed by atoms with Crippen LogP contribution in [-0.4, -0.2) is 19.2 Å². The molecule has 1 aromatic carbocycles. The Balaban J connectivity index is 2.48. The number of hydrogen-bond donors (Lipinski definition) is 1. The molecule has 0 atom stereocenters. The van der Waals surface area contributed by atoms with E-state index in [2.05, 4.69) is 9.38 Å². The first-order chi connectivity index (χ1) is 9.81. The lowest BCUT2D eigenvalue weighted by Gasteiger charge is -2.06. The highest BCUT2D eigenvalue weighted by molar-refractivity contribution is 7.90. The number of hydrogen-bond acceptors (Lipinski definition) is 3. The molecule has 5 nitrogen and oxygen atoms in total. The molecule has 0 amide bonds. The van der Waals surface area contributed by atoms with Crippen LogP contribution in [0.15, 0.2) is 45.8 Å². The van der Waals surface area contributed by atoms with E-state index in [0.717, 1.165) is 0 Å². The highest BCUT2D eigenvalue weighted by atomic mass is 32.2. The molecule has 2 rings (SSSR count). The zero-order valence-electron chi connectivity index (χ0n) is 11.5. The van der Waals surface area contributed by atoms with Gasteiger partial charge in [-0.15, -0.1) is 4.40 Å². The Labute approximate surface area is 122 Å². The van der Waals surface area contributed by atoms with Gasteiger partial charge in [0.15, 0.2) is 5.84 Å². The van der Waals surface area contributed by atoms with Gasteiger partial charge in [0.2, 0.25) is 0 Å². The minimum atomic E-state index is -4.01. The van der Waals surface area contributed by atoms with E-state index < -0.39 is 15.8 Å². The fourth-order valence-corrected chi connectivity index (χ4v) is 2.91. The van der Waals surface area contributed by atoms with Crippen LogP contribution in [0.5, 0.6) is 0 Å². The second kappa shape index (κ2) is 5.61. The van der Waals surface area contributed by atoms with Crippen molar-refractivity contribution in [2.75, 3.05) is 0 Å². The third kappa shape index (κ3) is 3.25. The Bertz CT molecular complexity index is 779. The lowest BCUT2D eigenvalue weighted by Crippen LogP contribution is -2.17. The topological polar surface area (TPSA) is 85.4 Å². The van der Waals surface area contributed by atoms with Gasteiger partial charge < -0.3 is 5.73 Å². The van der Waals surface area contributed by atoms with E-state index in [0.29, 0.717) is 0 Å². The lowest BCUT2D eigenvalue weighted by molar-refractivity contribution is 0.593. The normalized spacial score (nSPS) is 12.4. The number of nitrogens with two attached hydrogens (primary N) is 1. The van der Waals surface area contributed by atoms with Gasteiger partial charge in [-0.25, -0.2) is 4.39 Å². The van der Waals surface area contributed by atoms with Gasteiger partial charge in [0, 0.05) is 6.20 Å². The van der Waals surface area contributed by atoms with Crippen molar-refractivity contribution in [3.05, 3.63) is 59.2 Å². The molecule has 0 unspecified atom stereocenters. The number of aromatic nitrogens is 1. The van der Waals surface area contributed by atoms with Crippen molar-refractivity contribution in [1.29, 1.82) is 0 Å². The molecule has 0 aliphatic rings. The van der Waals surface area contributed by atoms with Gasteiger partial charge in [0.1, 0.15) is 11.5 Å². The third-order valence-electron chi connectivity index (χ3n) is 2.85. The predicted molar refractivity (Wildman–Crippen MR) is 78.0 cm³/mol. The fourth-order valence-electron chi connectivity index (χ4n) is 1.80. The summed E-state index contributed by atoms with van der Waals surface area (Å²) >= 11 is 0. The van der Waals surface area contributed by atoms with Crippen molar-refractivity contribution in [3.63, 3.8) is 0 Å². The molecule has 0 saturated heterocycles. The monoisotopic (exact) mass is 307 g/mol. The number of rotatable bonds is 3. The van der Waals surface area contributed by atoms with Crippen LogP contribution in [-0.2, 0) is 10.0 Å². The number of nitrogens with zero attached hydrogens (tertiary/aromatic N) is 2. The third-order valence-corrected chi connectivity index (χ3v) is 4.12. The number of sulfonamides is 1. The van der Waals surface area contributed by atoms with Gasteiger partial charge in [0.25, 0.3) is 10.0 Å². The van der Waals surface area contributed by atoms with Gasteiger partial charge in [0.05, 0.1) is 4.90 Å². The molecule has 7 heteroatoms. The summed E-state index contributed by atoms with van der Waals surface area (Å²) in [7, 11) is -4.01. The average Bonchev–Trinajstić information content (AvgIpc) is 2.44. The Morgan fingerprint density at radius 1 is 1.24 bits per heavy atom. The predicted octanol–water partition coefficient (Wildman–Crippen LogP) is 1.93. The minimum absolute atomic E-state index is 0.0993. The molecule has 1 aromatic heterocycles. The minimum Gasteiger partial charge on any atom is -0.381 e. The zero-order valence-corrected chi connectivity index (χ0v) is 12.4. The molecular formula is C14H14FN3O2S. The summed E-state index contributed by atoms with van der Waals surface area (Å²) in [6, 6.07) is 7.36. The van der Waals surface area contributed by atoms with Gasteiger partial charge >= 0.3 is 0 Å². The van der Waals surface area contributed by atoms with E-state index >= 15 is 0 Å². The Hall–Kier alpha value is -2.28. The SMILES string of the molecule is Cc1cc(S(=O)(=O)N=C(N)c2ccccn2)cc(C)c1F. The first-order valence-electron chi connectivity index (χ1n) is 6.10. The Morgan fingerprint density at radius 2 is 1.86 bits per heavy atom. The van der Waals surface area contributed by atoms with Crippen LogP contribution in [0.1, 0.15) is 16.8 Å². The molecule has 0 aliphatic carbocycles. The maximum Gasteiger partial charge on any atom is 0.284 e. The van der Waals surface area contributed by atoms with E-state index in [1.807, 2.05) is 0 Å². The summed E-state index contributed by atoms with van der Waals surface area (Å²) in [6.45, 7) is 2.99. The summed E-state index contributed by atoms with van der Waals surface area (Å²) in [6.07, 6.45) is 1.48. The molecule has 0 radical (unpaired) electrons. The van der Waals surface area contributed by atoms with Gasteiger partial charge in [-0.2, -0.15) is 8.42 Å². The van der Waals surface area contributed by atoms with E-state index in [9.17, 15) is 12.8 Å². The van der Waals surface area contributed by atoms with Crippen molar-refractivity contribution in [2.24, 2.45) is 10.1 Å². The van der Waals surface area contributed by atoms with Gasteiger partial charge in [-0.1, -0.05) is 6.07 Å². The van der Waals surface area contributed by atoms with Crippen molar-refractivity contribution in [2.45, 2.75) is 18.7 Å². The molecule has 21 heavy (non-hydrogen) atoms. The Morgan fingerprint density at radius 3 is 2.38 bits per heavy atom. The largest absolute Gasteiger partial charge is 0.381 e. The van der Waals surface area contributed by atoms with Crippen LogP contribution in [0.3, 0.4) is 0 Å². The van der Waals surface area contributed by atoms with Crippen molar-refractivity contribution in [3.8, 4) is 0 Å². The number of aryl methyl sites for hydroxylation is 2. The van der Waals surface area contributed by atoms with E-state index in [1.54, 1.807) is 18.2 Å². The molecule has 0 saturated carbocycles. The van der Waals surface area contributed by atoms with Crippen LogP contribution in [0, 0.1) is 19.7 Å². The second-order valence-electron chi connectivity index (χ2n) is 4.54.